The molecule has 0 N–H and O–H groups in total. The Labute approximate surface area is 225 Å². The molecule has 0 radical (unpaired) electrons. The molecular weight excluding hydrogens is 448 g/mol. The second-order valence-corrected chi connectivity index (χ2v) is 11.9. The molecule has 4 nitrogen and oxygen atoms in total. The quantitative estimate of drug-likeness (QED) is 0.0905. The van der Waals surface area contributed by atoms with Crippen LogP contribution in [0.25, 0.3) is 0 Å². The van der Waals surface area contributed by atoms with E-state index in [-0.39, 0.29) is 23.5 Å². The largest absolute Gasteiger partial charge is 0.466 e. The summed E-state index contributed by atoms with van der Waals surface area (Å²) >= 11 is 0. The summed E-state index contributed by atoms with van der Waals surface area (Å²) in [5.41, 5.74) is -0.0500. The van der Waals surface area contributed by atoms with E-state index in [0.29, 0.717) is 32.3 Å². The fourth-order valence-corrected chi connectivity index (χ4v) is 4.23. The van der Waals surface area contributed by atoms with E-state index in [4.69, 9.17) is 9.47 Å². The van der Waals surface area contributed by atoms with Crippen molar-refractivity contribution in [2.75, 3.05) is 6.61 Å². The topological polar surface area (TPSA) is 52.6 Å². The van der Waals surface area contributed by atoms with Crippen molar-refractivity contribution < 1.29 is 19.1 Å². The average molecular weight is 511 g/mol. The number of unbranched alkanes of at least 4 members (excludes halogenated alkanes) is 18. The number of hydrogen-bond donors (Lipinski definition) is 0. The first kappa shape index (κ1) is 34.9. The predicted octanol–water partition coefficient (Wildman–Crippen LogP) is 10.1. The van der Waals surface area contributed by atoms with E-state index in [0.717, 1.165) is 12.8 Å². The second-order valence-electron chi connectivity index (χ2n) is 11.9. The smallest absolute Gasteiger partial charge is 0.306 e. The van der Waals surface area contributed by atoms with Gasteiger partial charge >= 0.3 is 11.9 Å². The molecule has 0 rings (SSSR count). The molecule has 0 bridgehead atoms. The SMILES string of the molecule is CCCCCCCCCCCCCCCCCCCCOC(=O)CCCCC(=O)OC(C)C(C)(C)C. The lowest BCUT2D eigenvalue weighted by molar-refractivity contribution is -0.153. The summed E-state index contributed by atoms with van der Waals surface area (Å²) < 4.78 is 10.8. The van der Waals surface area contributed by atoms with Crippen LogP contribution in [0.5, 0.6) is 0 Å². The van der Waals surface area contributed by atoms with Crippen molar-refractivity contribution in [2.45, 2.75) is 182 Å². The molecule has 0 saturated heterocycles. The van der Waals surface area contributed by atoms with Crippen molar-refractivity contribution in [3.63, 3.8) is 0 Å². The maximum absolute atomic E-state index is 11.9. The number of carbonyl (C=O) groups excluding carboxylic acids is 2. The van der Waals surface area contributed by atoms with Gasteiger partial charge in [0.25, 0.3) is 0 Å². The molecule has 0 amide bonds. The Hall–Kier alpha value is -1.06. The van der Waals surface area contributed by atoms with Crippen LogP contribution < -0.4 is 0 Å². The van der Waals surface area contributed by atoms with Gasteiger partial charge < -0.3 is 9.47 Å². The maximum Gasteiger partial charge on any atom is 0.306 e. The van der Waals surface area contributed by atoms with Gasteiger partial charge in [-0.3, -0.25) is 9.59 Å². The Morgan fingerprint density at radius 3 is 1.31 bits per heavy atom. The standard InChI is InChI=1S/C32H62O4/c1-6-7-8-9-10-11-12-13-14-15-16-17-18-19-20-21-22-25-28-35-30(33)26-23-24-27-31(34)36-29(2)32(3,4)5/h29H,6-28H2,1-5H3. The first-order valence-electron chi connectivity index (χ1n) is 15.6. The van der Waals surface area contributed by atoms with Crippen LogP contribution in [0.2, 0.25) is 0 Å². The van der Waals surface area contributed by atoms with Crippen LogP contribution in [0.1, 0.15) is 176 Å². The van der Waals surface area contributed by atoms with E-state index in [1.807, 2.05) is 6.92 Å². The summed E-state index contributed by atoms with van der Waals surface area (Å²) in [6, 6.07) is 0. The van der Waals surface area contributed by atoms with Crippen LogP contribution in [0.15, 0.2) is 0 Å². The number of esters is 2. The van der Waals surface area contributed by atoms with Crippen LogP contribution in [-0.4, -0.2) is 24.6 Å². The first-order chi connectivity index (χ1) is 17.3. The molecule has 0 fully saturated rings. The summed E-state index contributed by atoms with van der Waals surface area (Å²) in [6.45, 7) is 10.9. The van der Waals surface area contributed by atoms with Gasteiger partial charge in [0.1, 0.15) is 6.10 Å². The Bertz CT molecular complexity index is 509. The van der Waals surface area contributed by atoms with E-state index in [1.54, 1.807) is 0 Å². The average Bonchev–Trinajstić information content (AvgIpc) is 2.82. The molecular formula is C32H62O4. The minimum absolute atomic E-state index is 0.0500. The number of carbonyl (C=O) groups is 2. The van der Waals surface area contributed by atoms with Crippen molar-refractivity contribution >= 4 is 11.9 Å². The molecule has 0 aromatic heterocycles. The lowest BCUT2D eigenvalue weighted by atomic mass is 9.90. The van der Waals surface area contributed by atoms with Crippen LogP contribution in [0, 0.1) is 5.41 Å². The second kappa shape index (κ2) is 24.3. The lowest BCUT2D eigenvalue weighted by Gasteiger charge is -2.26. The Morgan fingerprint density at radius 1 is 0.556 bits per heavy atom. The highest BCUT2D eigenvalue weighted by Crippen LogP contribution is 2.22. The van der Waals surface area contributed by atoms with E-state index >= 15 is 0 Å². The van der Waals surface area contributed by atoms with Crippen molar-refractivity contribution in [3.05, 3.63) is 0 Å². The van der Waals surface area contributed by atoms with E-state index in [2.05, 4.69) is 27.7 Å². The molecule has 0 saturated carbocycles. The molecule has 36 heavy (non-hydrogen) atoms. The molecule has 4 heteroatoms. The molecule has 0 aliphatic heterocycles. The number of ether oxygens (including phenoxy) is 2. The predicted molar refractivity (Wildman–Crippen MR) is 153 cm³/mol. The van der Waals surface area contributed by atoms with Gasteiger partial charge in [0.05, 0.1) is 6.61 Å². The van der Waals surface area contributed by atoms with Crippen molar-refractivity contribution in [1.29, 1.82) is 0 Å². The highest BCUT2D eigenvalue weighted by Gasteiger charge is 2.23. The van der Waals surface area contributed by atoms with E-state index < -0.39 is 0 Å². The molecule has 0 aliphatic carbocycles. The molecule has 1 unspecified atom stereocenters. The van der Waals surface area contributed by atoms with E-state index in [9.17, 15) is 9.59 Å². The zero-order valence-corrected chi connectivity index (χ0v) is 25.0. The number of hydrogen-bond acceptors (Lipinski definition) is 4. The van der Waals surface area contributed by atoms with E-state index in [1.165, 1.54) is 103 Å². The minimum Gasteiger partial charge on any atom is -0.466 e. The van der Waals surface area contributed by atoms with Gasteiger partial charge in [-0.2, -0.15) is 0 Å². The van der Waals surface area contributed by atoms with Crippen molar-refractivity contribution in [3.8, 4) is 0 Å². The normalized spacial score (nSPS) is 12.5. The van der Waals surface area contributed by atoms with Gasteiger partial charge in [-0.25, -0.2) is 0 Å². The molecule has 0 aliphatic rings. The number of rotatable bonds is 25. The van der Waals surface area contributed by atoms with Gasteiger partial charge in [-0.15, -0.1) is 0 Å². The van der Waals surface area contributed by atoms with Gasteiger partial charge in [0, 0.05) is 12.8 Å². The zero-order chi connectivity index (χ0) is 26.9. The highest BCUT2D eigenvalue weighted by molar-refractivity contribution is 5.70. The minimum atomic E-state index is -0.176. The summed E-state index contributed by atoms with van der Waals surface area (Å²) in [4.78, 5) is 23.7. The van der Waals surface area contributed by atoms with Crippen LogP contribution in [0.4, 0.5) is 0 Å². The van der Waals surface area contributed by atoms with Gasteiger partial charge in [0.2, 0.25) is 0 Å². The highest BCUT2D eigenvalue weighted by atomic mass is 16.5. The molecule has 0 aromatic carbocycles. The molecule has 0 spiro atoms. The summed E-state index contributed by atoms with van der Waals surface area (Å²) in [6.07, 6.45) is 26.4. The summed E-state index contributed by atoms with van der Waals surface area (Å²) in [5.74, 6) is -0.317. The van der Waals surface area contributed by atoms with Gasteiger partial charge in [-0.05, 0) is 31.6 Å². The summed E-state index contributed by atoms with van der Waals surface area (Å²) in [7, 11) is 0. The van der Waals surface area contributed by atoms with Crippen LogP contribution in [-0.2, 0) is 19.1 Å². The Balaban J connectivity index is 3.30. The van der Waals surface area contributed by atoms with Crippen LogP contribution in [0.3, 0.4) is 0 Å². The zero-order valence-electron chi connectivity index (χ0n) is 25.0. The van der Waals surface area contributed by atoms with Gasteiger partial charge in [-0.1, -0.05) is 137 Å². The third-order valence-corrected chi connectivity index (χ3v) is 7.30. The molecule has 214 valence electrons. The molecule has 0 heterocycles. The summed E-state index contributed by atoms with van der Waals surface area (Å²) in [5, 5.41) is 0. The third-order valence-electron chi connectivity index (χ3n) is 7.30. The van der Waals surface area contributed by atoms with Gasteiger partial charge in [0.15, 0.2) is 0 Å². The monoisotopic (exact) mass is 510 g/mol. The fourth-order valence-electron chi connectivity index (χ4n) is 4.23. The molecule has 0 aromatic rings. The van der Waals surface area contributed by atoms with Crippen LogP contribution >= 0.6 is 0 Å². The fraction of sp³-hybridized carbons (Fsp3) is 0.938. The Kier molecular flexibility index (Phi) is 23.6. The van der Waals surface area contributed by atoms with Crippen molar-refractivity contribution in [1.82, 2.24) is 0 Å². The Morgan fingerprint density at radius 2 is 0.917 bits per heavy atom. The third kappa shape index (κ3) is 24.6. The lowest BCUT2D eigenvalue weighted by Crippen LogP contribution is -2.28. The van der Waals surface area contributed by atoms with Crippen molar-refractivity contribution in [2.24, 2.45) is 5.41 Å². The first-order valence-corrected chi connectivity index (χ1v) is 15.6. The molecule has 1 atom stereocenters. The maximum atomic E-state index is 11.9.